The summed E-state index contributed by atoms with van der Waals surface area (Å²) in [6.45, 7) is 2.17. The van der Waals surface area contributed by atoms with Gasteiger partial charge in [-0.15, -0.1) is 0 Å². The van der Waals surface area contributed by atoms with Gasteiger partial charge in [-0.2, -0.15) is 0 Å². The Morgan fingerprint density at radius 3 is 2.62 bits per heavy atom. The number of carbonyl (C=O) groups is 1. The molecule has 3 heteroatoms. The van der Waals surface area contributed by atoms with Crippen molar-refractivity contribution in [3.05, 3.63) is 64.7 Å². The molecule has 2 aromatic carbocycles. The molecular weight excluding hydrogens is 322 g/mol. The molecule has 1 N–H and O–H groups in total. The normalized spacial score (nSPS) is 31.2. The number of fused-ring (bicyclic) bond motifs is 7. The van der Waals surface area contributed by atoms with Gasteiger partial charge in [0.2, 0.25) is 0 Å². The van der Waals surface area contributed by atoms with Crippen LogP contribution in [0, 0.1) is 17.8 Å². The number of hydrogen-bond acceptors (Lipinski definition) is 3. The molecule has 5 rings (SSSR count). The van der Waals surface area contributed by atoms with E-state index in [9.17, 15) is 9.90 Å². The first-order valence-electron chi connectivity index (χ1n) is 9.87. The van der Waals surface area contributed by atoms with Gasteiger partial charge in [-0.1, -0.05) is 49.4 Å². The number of anilines is 1. The quantitative estimate of drug-likeness (QED) is 0.917. The van der Waals surface area contributed by atoms with Crippen LogP contribution in [0.3, 0.4) is 0 Å². The molecule has 0 aromatic heterocycles. The molecule has 0 amide bonds. The number of para-hydroxylation sites is 1. The van der Waals surface area contributed by atoms with E-state index in [0.717, 1.165) is 18.0 Å². The Balaban J connectivity index is 1.64. The molecule has 1 aliphatic heterocycles. The van der Waals surface area contributed by atoms with Crippen molar-refractivity contribution in [1.82, 2.24) is 0 Å². The first-order valence-corrected chi connectivity index (χ1v) is 9.87. The minimum atomic E-state index is -1.09. The van der Waals surface area contributed by atoms with E-state index >= 15 is 0 Å². The molecule has 0 radical (unpaired) electrons. The second-order valence-corrected chi connectivity index (χ2v) is 8.21. The van der Waals surface area contributed by atoms with Gasteiger partial charge in [0.25, 0.3) is 0 Å². The van der Waals surface area contributed by atoms with Gasteiger partial charge in [-0.25, -0.2) is 0 Å². The summed E-state index contributed by atoms with van der Waals surface area (Å²) < 4.78 is 0. The SMILES string of the molecule is CCc1ccc([C@H]2Nc3c(C(=O)[O-])cccc3[C@H]3[C@@H]4CC[C@@H](C4)[C@H]32)cc1. The third-order valence-electron chi connectivity index (χ3n) is 7.09. The van der Waals surface area contributed by atoms with Crippen LogP contribution in [-0.2, 0) is 6.42 Å². The molecule has 1 heterocycles. The highest BCUT2D eigenvalue weighted by molar-refractivity contribution is 5.94. The highest BCUT2D eigenvalue weighted by Crippen LogP contribution is 2.63. The van der Waals surface area contributed by atoms with E-state index < -0.39 is 5.97 Å². The van der Waals surface area contributed by atoms with Gasteiger partial charge in [0.1, 0.15) is 0 Å². The second-order valence-electron chi connectivity index (χ2n) is 8.21. The third kappa shape index (κ3) is 2.22. The molecule has 26 heavy (non-hydrogen) atoms. The largest absolute Gasteiger partial charge is 0.545 e. The van der Waals surface area contributed by atoms with E-state index in [-0.39, 0.29) is 6.04 Å². The number of aryl methyl sites for hydroxylation is 1. The fourth-order valence-electron chi connectivity index (χ4n) is 5.97. The molecule has 0 unspecified atom stereocenters. The molecule has 2 saturated carbocycles. The van der Waals surface area contributed by atoms with Gasteiger partial charge in [0, 0.05) is 11.3 Å². The molecule has 5 atom stereocenters. The number of carbonyl (C=O) groups excluding carboxylic acids is 1. The van der Waals surface area contributed by atoms with Gasteiger partial charge in [0.05, 0.1) is 12.0 Å². The van der Waals surface area contributed by atoms with Gasteiger partial charge in [-0.3, -0.25) is 0 Å². The summed E-state index contributed by atoms with van der Waals surface area (Å²) in [7, 11) is 0. The number of aromatic carboxylic acids is 1. The van der Waals surface area contributed by atoms with Crippen molar-refractivity contribution in [2.24, 2.45) is 17.8 Å². The Kier molecular flexibility index (Phi) is 3.59. The maximum Gasteiger partial charge on any atom is 0.0736 e. The lowest BCUT2D eigenvalue weighted by molar-refractivity contribution is -0.254. The number of rotatable bonds is 3. The lowest BCUT2D eigenvalue weighted by atomic mass is 9.67. The summed E-state index contributed by atoms with van der Waals surface area (Å²) in [4.78, 5) is 11.7. The lowest BCUT2D eigenvalue weighted by Gasteiger charge is -2.44. The van der Waals surface area contributed by atoms with Crippen molar-refractivity contribution in [2.75, 3.05) is 5.32 Å². The summed E-state index contributed by atoms with van der Waals surface area (Å²) in [5.41, 5.74) is 4.92. The standard InChI is InChI=1S/C23H25NO2/c1-2-13-6-8-14(9-7-13)21-20-16-11-10-15(12-16)19(20)17-4-3-5-18(23(25)26)22(17)24-21/h3-9,15-16,19-21,24H,2,10-12H2,1H3,(H,25,26)/p-1/t15-,16+,19-,20-,21-/m1/s1. The predicted octanol–water partition coefficient (Wildman–Crippen LogP) is 3.91. The molecular formula is C23H24NO2-. The highest BCUT2D eigenvalue weighted by Gasteiger charge is 2.54. The second kappa shape index (κ2) is 5.87. The first-order chi connectivity index (χ1) is 12.7. The maximum atomic E-state index is 11.7. The minimum Gasteiger partial charge on any atom is -0.545 e. The molecule has 2 aliphatic carbocycles. The average Bonchev–Trinajstić information content (AvgIpc) is 3.29. The summed E-state index contributed by atoms with van der Waals surface area (Å²) in [5, 5.41) is 15.3. The highest BCUT2D eigenvalue weighted by atomic mass is 16.4. The van der Waals surface area contributed by atoms with Gasteiger partial charge in [0.15, 0.2) is 0 Å². The predicted molar refractivity (Wildman–Crippen MR) is 100 cm³/mol. The van der Waals surface area contributed by atoms with Crippen molar-refractivity contribution in [2.45, 2.75) is 44.6 Å². The van der Waals surface area contributed by atoms with Crippen molar-refractivity contribution in [1.29, 1.82) is 0 Å². The number of hydrogen-bond donors (Lipinski definition) is 1. The number of nitrogens with one attached hydrogen (secondary N) is 1. The maximum absolute atomic E-state index is 11.7. The number of benzene rings is 2. The van der Waals surface area contributed by atoms with Gasteiger partial charge in [-0.05, 0) is 66.0 Å². The van der Waals surface area contributed by atoms with Crippen LogP contribution in [0.2, 0.25) is 0 Å². The summed E-state index contributed by atoms with van der Waals surface area (Å²) in [5.74, 6) is 1.38. The smallest absolute Gasteiger partial charge is 0.0736 e. The Morgan fingerprint density at radius 1 is 1.12 bits per heavy atom. The third-order valence-corrected chi connectivity index (χ3v) is 7.09. The zero-order valence-electron chi connectivity index (χ0n) is 15.1. The zero-order valence-corrected chi connectivity index (χ0v) is 15.1. The van der Waals surface area contributed by atoms with E-state index in [1.54, 1.807) is 6.07 Å². The lowest BCUT2D eigenvalue weighted by Crippen LogP contribution is -2.37. The van der Waals surface area contributed by atoms with Crippen molar-refractivity contribution in [3.8, 4) is 0 Å². The summed E-state index contributed by atoms with van der Waals surface area (Å²) >= 11 is 0. The Bertz CT molecular complexity index is 857. The first kappa shape index (κ1) is 15.9. The van der Waals surface area contributed by atoms with E-state index in [1.807, 2.05) is 6.07 Å². The summed E-state index contributed by atoms with van der Waals surface area (Å²) in [6, 6.07) is 14.7. The molecule has 134 valence electrons. The number of carboxylic acid groups (broad SMARTS) is 1. The monoisotopic (exact) mass is 346 g/mol. The van der Waals surface area contributed by atoms with Crippen molar-refractivity contribution in [3.63, 3.8) is 0 Å². The van der Waals surface area contributed by atoms with Crippen molar-refractivity contribution >= 4 is 11.7 Å². The van der Waals surface area contributed by atoms with E-state index in [2.05, 4.69) is 42.6 Å². The molecule has 2 aromatic rings. The van der Waals surface area contributed by atoms with Crippen LogP contribution >= 0.6 is 0 Å². The number of carboxylic acids is 1. The van der Waals surface area contributed by atoms with Crippen LogP contribution in [0.1, 0.15) is 65.2 Å². The van der Waals surface area contributed by atoms with E-state index in [4.69, 9.17) is 0 Å². The Morgan fingerprint density at radius 2 is 1.88 bits per heavy atom. The Labute approximate surface area is 154 Å². The van der Waals surface area contributed by atoms with Crippen LogP contribution in [0.25, 0.3) is 0 Å². The van der Waals surface area contributed by atoms with Crippen molar-refractivity contribution < 1.29 is 9.90 Å². The Hall–Kier alpha value is -2.29. The molecule has 3 aliphatic rings. The van der Waals surface area contributed by atoms with Crippen LogP contribution in [0.4, 0.5) is 5.69 Å². The van der Waals surface area contributed by atoms with Crippen LogP contribution in [0.5, 0.6) is 0 Å². The van der Waals surface area contributed by atoms with Gasteiger partial charge >= 0.3 is 0 Å². The van der Waals surface area contributed by atoms with Gasteiger partial charge < -0.3 is 15.2 Å². The fraction of sp³-hybridized carbons (Fsp3) is 0.435. The van der Waals surface area contributed by atoms with Crippen LogP contribution < -0.4 is 10.4 Å². The van der Waals surface area contributed by atoms with Crippen LogP contribution in [-0.4, -0.2) is 5.97 Å². The average molecular weight is 346 g/mol. The molecule has 2 fully saturated rings. The molecule has 2 bridgehead atoms. The molecule has 3 nitrogen and oxygen atoms in total. The molecule has 0 spiro atoms. The summed E-state index contributed by atoms with van der Waals surface area (Å²) in [6.07, 6.45) is 4.91. The van der Waals surface area contributed by atoms with E-state index in [1.165, 1.54) is 36.0 Å². The van der Waals surface area contributed by atoms with Crippen LogP contribution in [0.15, 0.2) is 42.5 Å². The van der Waals surface area contributed by atoms with E-state index in [0.29, 0.717) is 23.3 Å². The zero-order chi connectivity index (χ0) is 17.8. The minimum absolute atomic E-state index is 0.189. The fourth-order valence-corrected chi connectivity index (χ4v) is 5.97. The molecule has 0 saturated heterocycles. The topological polar surface area (TPSA) is 52.2 Å².